The number of carboxylic acid groups (broad SMARTS) is 1. The Labute approximate surface area is 143 Å². The number of benzene rings is 2. The highest BCUT2D eigenvalue weighted by molar-refractivity contribution is 5.91. The summed E-state index contributed by atoms with van der Waals surface area (Å²) < 4.78 is 5.95. The number of ether oxygens (including phenoxy) is 1. The molecular weight excluding hydrogens is 300 g/mol. The molecule has 0 heterocycles. The van der Waals surface area contributed by atoms with Crippen molar-refractivity contribution < 1.29 is 14.6 Å². The smallest absolute Gasteiger partial charge is 0.339 e. The van der Waals surface area contributed by atoms with E-state index in [0.717, 1.165) is 24.0 Å². The Hall–Kier alpha value is -2.29. The largest absolute Gasteiger partial charge is 0.485 e. The lowest BCUT2D eigenvalue weighted by atomic mass is 9.83. The van der Waals surface area contributed by atoms with Crippen molar-refractivity contribution in [3.8, 4) is 5.75 Å². The lowest BCUT2D eigenvalue weighted by Crippen LogP contribution is -2.10. The van der Waals surface area contributed by atoms with Crippen LogP contribution in [0.5, 0.6) is 5.75 Å². The first-order valence-corrected chi connectivity index (χ1v) is 8.74. The topological polar surface area (TPSA) is 46.5 Å². The van der Waals surface area contributed by atoms with Gasteiger partial charge in [0, 0.05) is 0 Å². The van der Waals surface area contributed by atoms with E-state index in [-0.39, 0.29) is 11.7 Å². The van der Waals surface area contributed by atoms with Gasteiger partial charge in [-0.05, 0) is 48.9 Å². The van der Waals surface area contributed by atoms with Gasteiger partial charge in [0.05, 0.1) is 0 Å². The molecule has 0 spiro atoms. The zero-order valence-corrected chi connectivity index (χ0v) is 14.1. The third kappa shape index (κ3) is 3.78. The van der Waals surface area contributed by atoms with Crippen LogP contribution in [0, 0.1) is 0 Å². The highest BCUT2D eigenvalue weighted by Crippen LogP contribution is 2.35. The van der Waals surface area contributed by atoms with Gasteiger partial charge in [-0.15, -0.1) is 0 Å². The molecule has 0 aliphatic heterocycles. The Bertz CT molecular complexity index is 687. The summed E-state index contributed by atoms with van der Waals surface area (Å²) in [5, 5.41) is 9.59. The molecule has 1 unspecified atom stereocenters. The molecule has 126 valence electrons. The third-order valence-electron chi connectivity index (χ3n) is 4.88. The summed E-state index contributed by atoms with van der Waals surface area (Å²) in [6, 6.07) is 15.5. The number of carbonyl (C=O) groups is 1. The van der Waals surface area contributed by atoms with E-state index in [2.05, 4.69) is 0 Å². The number of carboxylic acids is 1. The van der Waals surface area contributed by atoms with Gasteiger partial charge in [0.2, 0.25) is 0 Å². The molecule has 0 radical (unpaired) electrons. The molecule has 3 nitrogen and oxygen atoms in total. The van der Waals surface area contributed by atoms with Gasteiger partial charge in [0.25, 0.3) is 0 Å². The highest BCUT2D eigenvalue weighted by Gasteiger charge is 2.20. The summed E-state index contributed by atoms with van der Waals surface area (Å²) >= 11 is 0. The van der Waals surface area contributed by atoms with Crippen molar-refractivity contribution in [2.75, 3.05) is 0 Å². The molecule has 0 aromatic heterocycles. The van der Waals surface area contributed by atoms with Gasteiger partial charge in [-0.3, -0.25) is 0 Å². The van der Waals surface area contributed by atoms with Gasteiger partial charge in [0.1, 0.15) is 17.4 Å². The van der Waals surface area contributed by atoms with Gasteiger partial charge >= 0.3 is 5.97 Å². The predicted molar refractivity (Wildman–Crippen MR) is 94.7 cm³/mol. The van der Waals surface area contributed by atoms with Crippen LogP contribution < -0.4 is 4.74 Å². The van der Waals surface area contributed by atoms with Gasteiger partial charge in [0.15, 0.2) is 0 Å². The van der Waals surface area contributed by atoms with Crippen LogP contribution in [0.25, 0.3) is 0 Å². The van der Waals surface area contributed by atoms with Crippen LogP contribution >= 0.6 is 0 Å². The van der Waals surface area contributed by atoms with Gasteiger partial charge < -0.3 is 9.84 Å². The monoisotopic (exact) mass is 324 g/mol. The minimum atomic E-state index is -0.928. The van der Waals surface area contributed by atoms with Gasteiger partial charge in [-0.2, -0.15) is 0 Å². The van der Waals surface area contributed by atoms with E-state index >= 15 is 0 Å². The molecule has 24 heavy (non-hydrogen) atoms. The molecule has 0 saturated heterocycles. The molecule has 2 aromatic carbocycles. The SMILES string of the molecule is CC(Oc1ccc(C2CCCCC2)cc1C(=O)O)c1ccccc1. The Kier molecular flexibility index (Phi) is 5.19. The molecule has 3 rings (SSSR count). The average molecular weight is 324 g/mol. The molecular formula is C21H24O3. The number of aromatic carboxylic acids is 1. The molecule has 0 amide bonds. The maximum Gasteiger partial charge on any atom is 0.339 e. The lowest BCUT2D eigenvalue weighted by Gasteiger charge is -2.23. The van der Waals surface area contributed by atoms with Crippen molar-refractivity contribution in [1.29, 1.82) is 0 Å². The Morgan fingerprint density at radius 2 is 1.79 bits per heavy atom. The summed E-state index contributed by atoms with van der Waals surface area (Å²) in [5.74, 6) is -0.00113. The second-order valence-electron chi connectivity index (χ2n) is 6.57. The molecule has 3 heteroatoms. The van der Waals surface area contributed by atoms with E-state index in [1.54, 1.807) is 0 Å². The zero-order valence-electron chi connectivity index (χ0n) is 14.1. The van der Waals surface area contributed by atoms with Crippen molar-refractivity contribution in [1.82, 2.24) is 0 Å². The fourth-order valence-electron chi connectivity index (χ4n) is 3.49. The van der Waals surface area contributed by atoms with Crippen LogP contribution in [0.2, 0.25) is 0 Å². The van der Waals surface area contributed by atoms with Crippen LogP contribution in [0.1, 0.15) is 72.5 Å². The molecule has 1 atom stereocenters. The fraction of sp³-hybridized carbons (Fsp3) is 0.381. The van der Waals surface area contributed by atoms with E-state index in [1.807, 2.05) is 55.5 Å². The highest BCUT2D eigenvalue weighted by atomic mass is 16.5. The number of hydrogen-bond acceptors (Lipinski definition) is 2. The molecule has 0 bridgehead atoms. The van der Waals surface area contributed by atoms with E-state index in [4.69, 9.17) is 4.74 Å². The van der Waals surface area contributed by atoms with Crippen LogP contribution in [-0.4, -0.2) is 11.1 Å². The number of hydrogen-bond donors (Lipinski definition) is 1. The predicted octanol–water partition coefficient (Wildman–Crippen LogP) is 5.57. The second-order valence-corrected chi connectivity index (χ2v) is 6.57. The summed E-state index contributed by atoms with van der Waals surface area (Å²) in [6.45, 7) is 1.94. The minimum absolute atomic E-state index is 0.190. The second kappa shape index (κ2) is 7.52. The molecule has 1 fully saturated rings. The Morgan fingerprint density at radius 3 is 2.46 bits per heavy atom. The van der Waals surface area contributed by atoms with Gasteiger partial charge in [-0.1, -0.05) is 55.7 Å². The van der Waals surface area contributed by atoms with E-state index in [1.165, 1.54) is 19.3 Å². The van der Waals surface area contributed by atoms with Crippen molar-refractivity contribution in [3.05, 3.63) is 65.2 Å². The maximum atomic E-state index is 11.7. The number of rotatable bonds is 5. The van der Waals surface area contributed by atoms with E-state index in [9.17, 15) is 9.90 Å². The first kappa shape index (κ1) is 16.6. The average Bonchev–Trinajstić information content (AvgIpc) is 2.63. The maximum absolute atomic E-state index is 11.7. The molecule has 1 aliphatic carbocycles. The standard InChI is InChI=1S/C21H24O3/c1-15(16-8-4-2-5-9-16)24-20-13-12-18(14-19(20)21(22)23)17-10-6-3-7-11-17/h2,4-5,8-9,12-15,17H,3,6-7,10-11H2,1H3,(H,22,23). The van der Waals surface area contributed by atoms with Crippen LogP contribution in [0.4, 0.5) is 0 Å². The minimum Gasteiger partial charge on any atom is -0.485 e. The van der Waals surface area contributed by atoms with Crippen LogP contribution in [0.3, 0.4) is 0 Å². The molecule has 2 aromatic rings. The lowest BCUT2D eigenvalue weighted by molar-refractivity contribution is 0.0689. The van der Waals surface area contributed by atoms with Gasteiger partial charge in [-0.25, -0.2) is 4.79 Å². The zero-order chi connectivity index (χ0) is 16.9. The fourth-order valence-corrected chi connectivity index (χ4v) is 3.49. The van der Waals surface area contributed by atoms with E-state index in [0.29, 0.717) is 11.7 Å². The summed E-state index contributed by atoms with van der Waals surface area (Å²) in [4.78, 5) is 11.7. The van der Waals surface area contributed by atoms with Crippen LogP contribution in [0.15, 0.2) is 48.5 Å². The first-order chi connectivity index (χ1) is 11.6. The van der Waals surface area contributed by atoms with Crippen molar-refractivity contribution >= 4 is 5.97 Å². The van der Waals surface area contributed by atoms with E-state index < -0.39 is 5.97 Å². The molecule has 1 N–H and O–H groups in total. The molecule has 1 saturated carbocycles. The van der Waals surface area contributed by atoms with Crippen molar-refractivity contribution in [3.63, 3.8) is 0 Å². The Morgan fingerprint density at radius 1 is 1.08 bits per heavy atom. The third-order valence-corrected chi connectivity index (χ3v) is 4.88. The quantitative estimate of drug-likeness (QED) is 0.781. The van der Waals surface area contributed by atoms with Crippen molar-refractivity contribution in [2.24, 2.45) is 0 Å². The summed E-state index contributed by atoms with van der Waals surface area (Å²) in [6.07, 6.45) is 5.87. The van der Waals surface area contributed by atoms with Crippen molar-refractivity contribution in [2.45, 2.75) is 51.0 Å². The summed E-state index contributed by atoms with van der Waals surface area (Å²) in [5.41, 5.74) is 2.43. The normalized spacial score (nSPS) is 16.5. The first-order valence-electron chi connectivity index (χ1n) is 8.74. The molecule has 1 aliphatic rings. The summed E-state index contributed by atoms with van der Waals surface area (Å²) in [7, 11) is 0. The van der Waals surface area contributed by atoms with Crippen LogP contribution in [-0.2, 0) is 0 Å². The Balaban J connectivity index is 1.83.